The highest BCUT2D eigenvalue weighted by Crippen LogP contribution is 2.16. The Morgan fingerprint density at radius 1 is 0.562 bits per heavy atom. The number of ether oxygens (including phenoxy) is 1. The summed E-state index contributed by atoms with van der Waals surface area (Å²) in [5.41, 5.74) is 0. The van der Waals surface area contributed by atoms with E-state index in [0.29, 0.717) is 12.8 Å². The molecule has 0 fully saturated rings. The Hall–Kier alpha value is -1.06. The Labute approximate surface area is 199 Å². The van der Waals surface area contributed by atoms with E-state index in [0.717, 1.165) is 44.9 Å². The second-order valence-corrected chi connectivity index (χ2v) is 9.59. The Bertz CT molecular complexity index is 422. The van der Waals surface area contributed by atoms with Crippen molar-refractivity contribution in [2.24, 2.45) is 0 Å². The Morgan fingerprint density at radius 2 is 1.00 bits per heavy atom. The summed E-state index contributed by atoms with van der Waals surface area (Å²) in [7, 11) is 0. The van der Waals surface area contributed by atoms with Crippen molar-refractivity contribution in [2.45, 2.75) is 168 Å². The molecule has 190 valence electrons. The average molecular weight is 455 g/mol. The highest BCUT2D eigenvalue weighted by atomic mass is 16.5. The summed E-state index contributed by atoms with van der Waals surface area (Å²) >= 11 is 0. The minimum atomic E-state index is -0.731. The lowest BCUT2D eigenvalue weighted by Gasteiger charge is -2.17. The second-order valence-electron chi connectivity index (χ2n) is 9.59. The van der Waals surface area contributed by atoms with Crippen molar-refractivity contribution in [3.63, 3.8) is 0 Å². The van der Waals surface area contributed by atoms with Crippen molar-refractivity contribution >= 4 is 11.9 Å². The van der Waals surface area contributed by atoms with Gasteiger partial charge in [-0.25, -0.2) is 0 Å². The average Bonchev–Trinajstić information content (AvgIpc) is 2.76. The lowest BCUT2D eigenvalue weighted by atomic mass is 10.0. The number of hydrogen-bond donors (Lipinski definition) is 1. The predicted octanol–water partition coefficient (Wildman–Crippen LogP) is 8.99. The molecule has 0 saturated heterocycles. The molecule has 0 aliphatic rings. The predicted molar refractivity (Wildman–Crippen MR) is 135 cm³/mol. The molecule has 0 aromatic carbocycles. The van der Waals surface area contributed by atoms with Crippen LogP contribution in [-0.2, 0) is 14.3 Å². The molecule has 0 radical (unpaired) electrons. The third-order valence-electron chi connectivity index (χ3n) is 6.31. The van der Waals surface area contributed by atoms with Crippen LogP contribution in [0.5, 0.6) is 0 Å². The first-order valence-electron chi connectivity index (χ1n) is 14.0. The topological polar surface area (TPSA) is 63.6 Å². The fourth-order valence-corrected chi connectivity index (χ4v) is 4.29. The van der Waals surface area contributed by atoms with Gasteiger partial charge in [0.25, 0.3) is 0 Å². The van der Waals surface area contributed by atoms with Gasteiger partial charge in [0.15, 0.2) is 0 Å². The van der Waals surface area contributed by atoms with Gasteiger partial charge in [-0.1, -0.05) is 117 Å². The summed E-state index contributed by atoms with van der Waals surface area (Å²) in [6, 6.07) is 0. The molecule has 32 heavy (non-hydrogen) atoms. The van der Waals surface area contributed by atoms with Gasteiger partial charge in [-0.3, -0.25) is 9.59 Å². The maximum atomic E-state index is 12.1. The van der Waals surface area contributed by atoms with E-state index >= 15 is 0 Å². The van der Waals surface area contributed by atoms with Crippen molar-refractivity contribution in [1.82, 2.24) is 0 Å². The molecule has 0 bridgehead atoms. The van der Waals surface area contributed by atoms with Gasteiger partial charge < -0.3 is 9.84 Å². The quantitative estimate of drug-likeness (QED) is 0.110. The van der Waals surface area contributed by atoms with Crippen LogP contribution in [0.1, 0.15) is 162 Å². The van der Waals surface area contributed by atoms with Gasteiger partial charge in [-0.15, -0.1) is 0 Å². The van der Waals surface area contributed by atoms with E-state index in [1.807, 2.05) is 0 Å². The SMILES string of the molecule is CCCCCCCCCCCCCCCCCC(=O)OC(CCC)CCCCCC(=O)O. The second kappa shape index (κ2) is 24.6. The van der Waals surface area contributed by atoms with E-state index in [-0.39, 0.29) is 18.5 Å². The third-order valence-corrected chi connectivity index (χ3v) is 6.31. The van der Waals surface area contributed by atoms with E-state index < -0.39 is 5.97 Å². The number of carboxylic acids is 1. The van der Waals surface area contributed by atoms with Crippen molar-refractivity contribution < 1.29 is 19.4 Å². The molecule has 1 atom stereocenters. The fraction of sp³-hybridized carbons (Fsp3) is 0.929. The monoisotopic (exact) mass is 454 g/mol. The molecule has 4 heteroatoms. The Morgan fingerprint density at radius 3 is 1.47 bits per heavy atom. The molecular formula is C28H54O4. The molecule has 1 N–H and O–H groups in total. The normalized spacial score (nSPS) is 12.1. The highest BCUT2D eigenvalue weighted by molar-refractivity contribution is 5.69. The third kappa shape index (κ3) is 23.6. The van der Waals surface area contributed by atoms with Crippen molar-refractivity contribution in [1.29, 1.82) is 0 Å². The molecule has 0 amide bonds. The summed E-state index contributed by atoms with van der Waals surface area (Å²) in [4.78, 5) is 22.7. The number of carboxylic acid groups (broad SMARTS) is 1. The number of carbonyl (C=O) groups is 2. The summed E-state index contributed by atoms with van der Waals surface area (Å²) in [6.07, 6.45) is 26.0. The molecular weight excluding hydrogens is 400 g/mol. The minimum Gasteiger partial charge on any atom is -0.481 e. The zero-order valence-corrected chi connectivity index (χ0v) is 21.5. The number of carbonyl (C=O) groups excluding carboxylic acids is 1. The Kier molecular flexibility index (Phi) is 23.8. The molecule has 0 aromatic heterocycles. The van der Waals surface area contributed by atoms with E-state index in [9.17, 15) is 9.59 Å². The summed E-state index contributed by atoms with van der Waals surface area (Å²) in [5, 5.41) is 8.69. The first-order valence-corrected chi connectivity index (χ1v) is 14.0. The smallest absolute Gasteiger partial charge is 0.306 e. The van der Waals surface area contributed by atoms with E-state index in [1.165, 1.54) is 83.5 Å². The maximum Gasteiger partial charge on any atom is 0.306 e. The molecule has 0 spiro atoms. The largest absolute Gasteiger partial charge is 0.481 e. The molecule has 0 aromatic rings. The van der Waals surface area contributed by atoms with Gasteiger partial charge in [0, 0.05) is 12.8 Å². The molecule has 0 heterocycles. The molecule has 4 nitrogen and oxygen atoms in total. The standard InChI is InChI=1S/C28H54O4/c1-3-5-6-7-8-9-10-11-12-13-14-15-16-17-21-25-28(31)32-26(22-4-2)23-19-18-20-24-27(29)30/h26H,3-25H2,1-2H3,(H,29,30). The van der Waals surface area contributed by atoms with Crippen molar-refractivity contribution in [3.05, 3.63) is 0 Å². The number of aliphatic carboxylic acids is 1. The summed E-state index contributed by atoms with van der Waals surface area (Å²) in [6.45, 7) is 4.38. The van der Waals surface area contributed by atoms with Crippen LogP contribution in [0.15, 0.2) is 0 Å². The van der Waals surface area contributed by atoms with Gasteiger partial charge in [0.2, 0.25) is 0 Å². The van der Waals surface area contributed by atoms with E-state index in [1.54, 1.807) is 0 Å². The molecule has 0 aliphatic heterocycles. The minimum absolute atomic E-state index is 0.00803. The summed E-state index contributed by atoms with van der Waals surface area (Å²) in [5.74, 6) is -0.784. The van der Waals surface area contributed by atoms with E-state index in [2.05, 4.69) is 13.8 Å². The lowest BCUT2D eigenvalue weighted by Crippen LogP contribution is -2.18. The number of unbranched alkanes of at least 4 members (excludes halogenated alkanes) is 16. The molecule has 0 aliphatic carbocycles. The first kappa shape index (κ1) is 30.9. The van der Waals surface area contributed by atoms with Crippen LogP contribution < -0.4 is 0 Å². The molecule has 1 unspecified atom stereocenters. The molecule has 0 rings (SSSR count). The number of esters is 1. The van der Waals surface area contributed by atoms with Crippen molar-refractivity contribution in [2.75, 3.05) is 0 Å². The van der Waals surface area contributed by atoms with Crippen molar-refractivity contribution in [3.8, 4) is 0 Å². The zero-order valence-electron chi connectivity index (χ0n) is 21.5. The van der Waals surface area contributed by atoms with Gasteiger partial charge in [-0.05, 0) is 32.1 Å². The lowest BCUT2D eigenvalue weighted by molar-refractivity contribution is -0.150. The summed E-state index contributed by atoms with van der Waals surface area (Å²) < 4.78 is 5.68. The van der Waals surface area contributed by atoms with Gasteiger partial charge in [0.1, 0.15) is 6.10 Å². The van der Waals surface area contributed by atoms with Crippen LogP contribution in [0.25, 0.3) is 0 Å². The van der Waals surface area contributed by atoms with Crippen LogP contribution in [0, 0.1) is 0 Å². The highest BCUT2D eigenvalue weighted by Gasteiger charge is 2.13. The maximum absolute atomic E-state index is 12.1. The van der Waals surface area contributed by atoms with Gasteiger partial charge >= 0.3 is 11.9 Å². The zero-order chi connectivity index (χ0) is 23.7. The fourth-order valence-electron chi connectivity index (χ4n) is 4.29. The number of hydrogen-bond acceptors (Lipinski definition) is 3. The van der Waals surface area contributed by atoms with Crippen LogP contribution >= 0.6 is 0 Å². The van der Waals surface area contributed by atoms with Gasteiger partial charge in [0.05, 0.1) is 0 Å². The molecule has 0 saturated carbocycles. The van der Waals surface area contributed by atoms with Crippen LogP contribution in [0.3, 0.4) is 0 Å². The van der Waals surface area contributed by atoms with Gasteiger partial charge in [-0.2, -0.15) is 0 Å². The number of rotatable bonds is 25. The van der Waals surface area contributed by atoms with Crippen LogP contribution in [0.2, 0.25) is 0 Å². The van der Waals surface area contributed by atoms with Crippen LogP contribution in [-0.4, -0.2) is 23.1 Å². The van der Waals surface area contributed by atoms with Crippen LogP contribution in [0.4, 0.5) is 0 Å². The van der Waals surface area contributed by atoms with E-state index in [4.69, 9.17) is 9.84 Å². The Balaban J connectivity index is 3.49. The first-order chi connectivity index (χ1) is 15.6.